The van der Waals surface area contributed by atoms with Crippen molar-refractivity contribution < 1.29 is 4.79 Å². The lowest BCUT2D eigenvalue weighted by molar-refractivity contribution is -0.121. The Hall–Kier alpha value is -2.10. The zero-order valence-corrected chi connectivity index (χ0v) is 11.3. The first kappa shape index (κ1) is 12.0. The van der Waals surface area contributed by atoms with Gasteiger partial charge in [-0.05, 0) is 37.1 Å². The van der Waals surface area contributed by atoms with E-state index < -0.39 is 0 Å². The SMILES string of the molecule is CC1=N/C(=C\c2ccc(N3CCC3)cc2)C(=O)N1C. The van der Waals surface area contributed by atoms with Crippen LogP contribution in [0.1, 0.15) is 18.9 Å². The second-order valence-electron chi connectivity index (χ2n) is 4.98. The van der Waals surface area contributed by atoms with E-state index >= 15 is 0 Å². The summed E-state index contributed by atoms with van der Waals surface area (Å²) in [5.41, 5.74) is 2.78. The molecular formula is C15H17N3O. The van der Waals surface area contributed by atoms with Crippen molar-refractivity contribution >= 4 is 23.5 Å². The van der Waals surface area contributed by atoms with E-state index in [9.17, 15) is 4.79 Å². The summed E-state index contributed by atoms with van der Waals surface area (Å²) in [6, 6.07) is 8.28. The Kier molecular flexibility index (Phi) is 2.85. The molecule has 98 valence electrons. The first-order chi connectivity index (χ1) is 9.15. The molecule has 0 atom stereocenters. The van der Waals surface area contributed by atoms with Gasteiger partial charge in [0.1, 0.15) is 11.5 Å². The fourth-order valence-corrected chi connectivity index (χ4v) is 2.22. The third-order valence-electron chi connectivity index (χ3n) is 3.71. The largest absolute Gasteiger partial charge is 0.371 e. The predicted molar refractivity (Wildman–Crippen MR) is 77.1 cm³/mol. The van der Waals surface area contributed by atoms with Gasteiger partial charge in [0, 0.05) is 25.8 Å². The lowest BCUT2D eigenvalue weighted by atomic mass is 10.1. The van der Waals surface area contributed by atoms with E-state index in [0.29, 0.717) is 5.70 Å². The van der Waals surface area contributed by atoms with Gasteiger partial charge in [-0.25, -0.2) is 4.99 Å². The molecule has 0 bridgehead atoms. The summed E-state index contributed by atoms with van der Waals surface area (Å²) in [7, 11) is 1.75. The fraction of sp³-hybridized carbons (Fsp3) is 0.333. The van der Waals surface area contributed by atoms with Crippen molar-refractivity contribution in [2.24, 2.45) is 4.99 Å². The Labute approximate surface area is 113 Å². The number of amidine groups is 1. The lowest BCUT2D eigenvalue weighted by Crippen LogP contribution is -2.36. The van der Waals surface area contributed by atoms with Crippen LogP contribution in [0.15, 0.2) is 35.0 Å². The first-order valence-corrected chi connectivity index (χ1v) is 6.55. The molecule has 4 heteroatoms. The highest BCUT2D eigenvalue weighted by molar-refractivity contribution is 6.13. The van der Waals surface area contributed by atoms with E-state index in [1.54, 1.807) is 11.9 Å². The third-order valence-corrected chi connectivity index (χ3v) is 3.71. The maximum Gasteiger partial charge on any atom is 0.277 e. The van der Waals surface area contributed by atoms with Gasteiger partial charge < -0.3 is 4.90 Å². The number of nitrogens with zero attached hydrogens (tertiary/aromatic N) is 3. The molecule has 4 nitrogen and oxygen atoms in total. The summed E-state index contributed by atoms with van der Waals surface area (Å²) in [6.07, 6.45) is 3.12. The molecule has 0 N–H and O–H groups in total. The standard InChI is InChI=1S/C15H17N3O/c1-11-16-14(15(19)17(11)2)10-12-4-6-13(7-5-12)18-8-3-9-18/h4-7,10H,3,8-9H2,1-2H3/b14-10-. The molecule has 0 saturated carbocycles. The Morgan fingerprint density at radius 1 is 1.21 bits per heavy atom. The van der Waals surface area contributed by atoms with Crippen molar-refractivity contribution in [3.05, 3.63) is 35.5 Å². The van der Waals surface area contributed by atoms with Crippen molar-refractivity contribution in [3.63, 3.8) is 0 Å². The van der Waals surface area contributed by atoms with E-state index in [0.717, 1.165) is 24.5 Å². The second kappa shape index (κ2) is 4.53. The molecular weight excluding hydrogens is 238 g/mol. The van der Waals surface area contributed by atoms with Gasteiger partial charge in [0.2, 0.25) is 0 Å². The number of anilines is 1. The molecule has 0 aromatic heterocycles. The van der Waals surface area contributed by atoms with Crippen LogP contribution in [-0.4, -0.2) is 36.8 Å². The number of hydrogen-bond donors (Lipinski definition) is 0. The number of benzene rings is 1. The van der Waals surface area contributed by atoms with Crippen LogP contribution in [0.25, 0.3) is 6.08 Å². The number of hydrogen-bond acceptors (Lipinski definition) is 3. The third kappa shape index (κ3) is 2.14. The zero-order chi connectivity index (χ0) is 13.4. The van der Waals surface area contributed by atoms with Gasteiger partial charge in [0.25, 0.3) is 5.91 Å². The molecule has 0 radical (unpaired) electrons. The maximum absolute atomic E-state index is 11.9. The van der Waals surface area contributed by atoms with Crippen LogP contribution < -0.4 is 4.90 Å². The Balaban J connectivity index is 1.81. The van der Waals surface area contributed by atoms with Gasteiger partial charge in [0.05, 0.1) is 0 Å². The summed E-state index contributed by atoms with van der Waals surface area (Å²) >= 11 is 0. The van der Waals surface area contributed by atoms with Gasteiger partial charge in [-0.15, -0.1) is 0 Å². The van der Waals surface area contributed by atoms with Gasteiger partial charge in [-0.1, -0.05) is 12.1 Å². The molecule has 1 saturated heterocycles. The number of likely N-dealkylation sites (N-methyl/N-ethyl adjacent to an activating group) is 1. The van der Waals surface area contributed by atoms with E-state index in [1.165, 1.54) is 12.1 Å². The van der Waals surface area contributed by atoms with E-state index in [-0.39, 0.29) is 5.91 Å². The summed E-state index contributed by atoms with van der Waals surface area (Å²) in [5, 5.41) is 0. The van der Waals surface area contributed by atoms with E-state index in [2.05, 4.69) is 22.0 Å². The van der Waals surface area contributed by atoms with Gasteiger partial charge in [-0.3, -0.25) is 9.69 Å². The minimum absolute atomic E-state index is 0.0377. The smallest absolute Gasteiger partial charge is 0.277 e. The van der Waals surface area contributed by atoms with Crippen LogP contribution >= 0.6 is 0 Å². The molecule has 2 heterocycles. The molecule has 1 aromatic rings. The highest BCUT2D eigenvalue weighted by Crippen LogP contribution is 2.22. The Morgan fingerprint density at radius 3 is 2.37 bits per heavy atom. The summed E-state index contributed by atoms with van der Waals surface area (Å²) in [4.78, 5) is 20.1. The van der Waals surface area contributed by atoms with Crippen LogP contribution in [-0.2, 0) is 4.79 Å². The summed E-state index contributed by atoms with van der Waals surface area (Å²) in [5.74, 6) is 0.706. The zero-order valence-electron chi connectivity index (χ0n) is 11.3. The number of carbonyl (C=O) groups excluding carboxylic acids is 1. The molecule has 0 spiro atoms. The molecule has 3 rings (SSSR count). The van der Waals surface area contributed by atoms with Crippen LogP contribution in [0, 0.1) is 0 Å². The second-order valence-corrected chi connectivity index (χ2v) is 4.98. The minimum atomic E-state index is -0.0377. The highest BCUT2D eigenvalue weighted by atomic mass is 16.2. The molecule has 2 aliphatic heterocycles. The van der Waals surface area contributed by atoms with Crippen LogP contribution in [0.3, 0.4) is 0 Å². The van der Waals surface area contributed by atoms with Crippen LogP contribution in [0.4, 0.5) is 5.69 Å². The quantitative estimate of drug-likeness (QED) is 0.759. The van der Waals surface area contributed by atoms with Gasteiger partial charge in [-0.2, -0.15) is 0 Å². The van der Waals surface area contributed by atoms with E-state index in [1.807, 2.05) is 25.1 Å². The molecule has 1 amide bonds. The average molecular weight is 255 g/mol. The number of aliphatic imine (C=N–C) groups is 1. The summed E-state index contributed by atoms with van der Waals surface area (Å²) in [6.45, 7) is 4.13. The average Bonchev–Trinajstić information content (AvgIpc) is 2.57. The summed E-state index contributed by atoms with van der Waals surface area (Å²) < 4.78 is 0. The predicted octanol–water partition coefficient (Wildman–Crippen LogP) is 2.13. The van der Waals surface area contributed by atoms with Crippen molar-refractivity contribution in [3.8, 4) is 0 Å². The topological polar surface area (TPSA) is 35.9 Å². The molecule has 2 aliphatic rings. The van der Waals surface area contributed by atoms with E-state index in [4.69, 9.17) is 0 Å². The first-order valence-electron chi connectivity index (χ1n) is 6.55. The number of rotatable bonds is 2. The molecule has 1 fully saturated rings. The van der Waals surface area contributed by atoms with Gasteiger partial charge >= 0.3 is 0 Å². The molecule has 19 heavy (non-hydrogen) atoms. The Morgan fingerprint density at radius 2 is 1.89 bits per heavy atom. The maximum atomic E-state index is 11.9. The van der Waals surface area contributed by atoms with Crippen molar-refractivity contribution in [1.29, 1.82) is 0 Å². The van der Waals surface area contributed by atoms with Crippen molar-refractivity contribution in [1.82, 2.24) is 4.90 Å². The normalized spacial score (nSPS) is 20.8. The number of carbonyl (C=O) groups is 1. The molecule has 0 unspecified atom stereocenters. The fourth-order valence-electron chi connectivity index (χ4n) is 2.22. The van der Waals surface area contributed by atoms with Gasteiger partial charge in [0.15, 0.2) is 0 Å². The van der Waals surface area contributed by atoms with Crippen LogP contribution in [0.5, 0.6) is 0 Å². The minimum Gasteiger partial charge on any atom is -0.371 e. The highest BCUT2D eigenvalue weighted by Gasteiger charge is 2.23. The van der Waals surface area contributed by atoms with Crippen LogP contribution in [0.2, 0.25) is 0 Å². The van der Waals surface area contributed by atoms with Crippen molar-refractivity contribution in [2.75, 3.05) is 25.0 Å². The Bertz CT molecular complexity index is 568. The monoisotopic (exact) mass is 255 g/mol. The molecule has 1 aromatic carbocycles. The van der Waals surface area contributed by atoms with Crippen molar-refractivity contribution in [2.45, 2.75) is 13.3 Å². The lowest BCUT2D eigenvalue weighted by Gasteiger charge is -2.33. The number of amides is 1. The molecule has 0 aliphatic carbocycles.